The first-order chi connectivity index (χ1) is 9.56. The van der Waals surface area contributed by atoms with E-state index in [4.69, 9.17) is 23.2 Å². The highest BCUT2D eigenvalue weighted by Gasteiger charge is 2.25. The molecule has 0 spiro atoms. The first-order valence-electron chi connectivity index (χ1n) is 6.09. The van der Waals surface area contributed by atoms with Crippen molar-refractivity contribution in [2.75, 3.05) is 6.54 Å². The number of carbonyl (C=O) groups excluding carboxylic acids is 1. The van der Waals surface area contributed by atoms with Crippen LogP contribution in [0.2, 0.25) is 10.0 Å². The number of aromatic nitrogens is 2. The first-order valence-corrected chi connectivity index (χ1v) is 6.84. The lowest BCUT2D eigenvalue weighted by atomic mass is 10.1. The Bertz CT molecular complexity index is 735. The Kier molecular flexibility index (Phi) is 3.31. The molecule has 0 unspecified atom stereocenters. The summed E-state index contributed by atoms with van der Waals surface area (Å²) in [5.41, 5.74) is 1.77. The maximum absolute atomic E-state index is 12.4. The van der Waals surface area contributed by atoms with Gasteiger partial charge in [0.05, 0.1) is 22.8 Å². The van der Waals surface area contributed by atoms with Gasteiger partial charge in [-0.25, -0.2) is 0 Å². The monoisotopic (exact) mass is 311 g/mol. The van der Waals surface area contributed by atoms with Crippen LogP contribution in [0.4, 0.5) is 0 Å². The minimum Gasteiger partial charge on any atom is -0.332 e. The number of nitrogens with one attached hydrogen (secondary N) is 2. The van der Waals surface area contributed by atoms with Gasteiger partial charge in [0.2, 0.25) is 0 Å². The molecule has 0 atom stereocenters. The molecular weight excluding hydrogens is 301 g/mol. The second-order valence-corrected chi connectivity index (χ2v) is 5.48. The zero-order chi connectivity index (χ0) is 14.3. The number of amides is 1. The van der Waals surface area contributed by atoms with Crippen molar-refractivity contribution in [3.05, 3.63) is 55.4 Å². The van der Waals surface area contributed by atoms with Crippen LogP contribution >= 0.6 is 23.2 Å². The predicted molar refractivity (Wildman–Crippen MR) is 76.3 cm³/mol. The number of carbonyl (C=O) groups is 1. The number of aromatic amines is 2. The van der Waals surface area contributed by atoms with Crippen LogP contribution in [-0.4, -0.2) is 27.5 Å². The summed E-state index contributed by atoms with van der Waals surface area (Å²) < 4.78 is 0. The molecule has 1 amide bonds. The lowest BCUT2D eigenvalue weighted by Gasteiger charge is -2.26. The molecule has 2 N–H and O–H groups in total. The van der Waals surface area contributed by atoms with Gasteiger partial charge < -0.3 is 10.00 Å². The molecule has 5 nitrogen and oxygen atoms in total. The van der Waals surface area contributed by atoms with Crippen molar-refractivity contribution < 1.29 is 4.79 Å². The number of fused-ring (bicyclic) bond motifs is 1. The van der Waals surface area contributed by atoms with Crippen LogP contribution in [0.5, 0.6) is 0 Å². The maximum atomic E-state index is 12.4. The molecule has 1 aromatic heterocycles. The lowest BCUT2D eigenvalue weighted by Crippen LogP contribution is -2.37. The molecule has 7 heteroatoms. The van der Waals surface area contributed by atoms with Crippen LogP contribution in [0, 0.1) is 0 Å². The van der Waals surface area contributed by atoms with Crippen molar-refractivity contribution in [3.63, 3.8) is 0 Å². The Morgan fingerprint density at radius 3 is 2.80 bits per heavy atom. The van der Waals surface area contributed by atoms with E-state index >= 15 is 0 Å². The number of benzene rings is 1. The SMILES string of the molecule is O=C(c1ccc(Cl)cc1Cl)N1CCc2c([nH][nH]c2=O)C1. The van der Waals surface area contributed by atoms with Gasteiger partial charge in [0.1, 0.15) is 0 Å². The average Bonchev–Trinajstić information content (AvgIpc) is 2.79. The van der Waals surface area contributed by atoms with Crippen LogP contribution in [0.15, 0.2) is 23.0 Å². The van der Waals surface area contributed by atoms with Crippen LogP contribution < -0.4 is 5.56 Å². The quantitative estimate of drug-likeness (QED) is 0.847. The normalized spacial score (nSPS) is 14.2. The van der Waals surface area contributed by atoms with E-state index in [2.05, 4.69) is 10.2 Å². The van der Waals surface area contributed by atoms with E-state index in [0.29, 0.717) is 35.1 Å². The summed E-state index contributed by atoms with van der Waals surface area (Å²) in [7, 11) is 0. The van der Waals surface area contributed by atoms with Crippen molar-refractivity contribution in [3.8, 4) is 0 Å². The molecule has 2 heterocycles. The Labute approximate surface area is 124 Å². The molecular formula is C13H11Cl2N3O2. The number of rotatable bonds is 1. The third kappa shape index (κ3) is 2.23. The van der Waals surface area contributed by atoms with Crippen molar-refractivity contribution in [2.45, 2.75) is 13.0 Å². The van der Waals surface area contributed by atoms with E-state index in [-0.39, 0.29) is 11.5 Å². The highest BCUT2D eigenvalue weighted by Crippen LogP contribution is 2.24. The second kappa shape index (κ2) is 5.00. The van der Waals surface area contributed by atoms with E-state index in [0.717, 1.165) is 11.3 Å². The third-order valence-electron chi connectivity index (χ3n) is 3.39. The lowest BCUT2D eigenvalue weighted by molar-refractivity contribution is 0.0732. The molecule has 0 aliphatic carbocycles. The van der Waals surface area contributed by atoms with Crippen molar-refractivity contribution in [1.82, 2.24) is 15.1 Å². The highest BCUT2D eigenvalue weighted by molar-refractivity contribution is 6.36. The molecule has 1 aliphatic rings. The molecule has 20 heavy (non-hydrogen) atoms. The Morgan fingerprint density at radius 2 is 2.05 bits per heavy atom. The van der Waals surface area contributed by atoms with Crippen molar-refractivity contribution in [1.29, 1.82) is 0 Å². The standard InChI is InChI=1S/C13H11Cl2N3O2/c14-7-1-2-8(10(15)5-7)13(20)18-4-3-9-11(6-18)16-17-12(9)19/h1-2,5H,3-4,6H2,(H2,16,17,19). The topological polar surface area (TPSA) is 69.0 Å². The molecule has 104 valence electrons. The van der Waals surface area contributed by atoms with Gasteiger partial charge >= 0.3 is 0 Å². The number of hydrogen-bond donors (Lipinski definition) is 2. The van der Waals surface area contributed by atoms with Gasteiger partial charge in [0.25, 0.3) is 11.5 Å². The maximum Gasteiger partial charge on any atom is 0.267 e. The zero-order valence-corrected chi connectivity index (χ0v) is 11.9. The van der Waals surface area contributed by atoms with Gasteiger partial charge in [-0.2, -0.15) is 0 Å². The predicted octanol–water partition coefficient (Wildman–Crippen LogP) is 2.21. The largest absolute Gasteiger partial charge is 0.332 e. The van der Waals surface area contributed by atoms with Gasteiger partial charge in [-0.15, -0.1) is 0 Å². The summed E-state index contributed by atoms with van der Waals surface area (Å²) >= 11 is 11.9. The van der Waals surface area contributed by atoms with Crippen LogP contribution in [0.25, 0.3) is 0 Å². The van der Waals surface area contributed by atoms with Crippen LogP contribution in [0.3, 0.4) is 0 Å². The molecule has 1 aromatic carbocycles. The molecule has 1 aliphatic heterocycles. The summed E-state index contributed by atoms with van der Waals surface area (Å²) in [4.78, 5) is 25.6. The molecule has 2 aromatic rings. The van der Waals surface area contributed by atoms with Gasteiger partial charge in [-0.05, 0) is 24.6 Å². The molecule has 0 radical (unpaired) electrons. The third-order valence-corrected chi connectivity index (χ3v) is 3.94. The van der Waals surface area contributed by atoms with Crippen molar-refractivity contribution >= 4 is 29.1 Å². The van der Waals surface area contributed by atoms with E-state index in [1.165, 1.54) is 0 Å². The Hall–Kier alpha value is -1.72. The molecule has 3 rings (SSSR count). The Balaban J connectivity index is 1.87. The van der Waals surface area contributed by atoms with E-state index in [1.807, 2.05) is 0 Å². The number of H-pyrrole nitrogens is 2. The first kappa shape index (κ1) is 13.3. The fourth-order valence-corrected chi connectivity index (χ4v) is 2.83. The number of nitrogens with zero attached hydrogens (tertiary/aromatic N) is 1. The van der Waals surface area contributed by atoms with Gasteiger partial charge in [-0.3, -0.25) is 14.7 Å². The summed E-state index contributed by atoms with van der Waals surface area (Å²) in [6, 6.07) is 4.79. The summed E-state index contributed by atoms with van der Waals surface area (Å²) in [6.45, 7) is 0.859. The van der Waals surface area contributed by atoms with Gasteiger partial charge in [0.15, 0.2) is 0 Å². The van der Waals surface area contributed by atoms with Crippen LogP contribution in [0.1, 0.15) is 21.6 Å². The highest BCUT2D eigenvalue weighted by atomic mass is 35.5. The summed E-state index contributed by atoms with van der Waals surface area (Å²) in [5, 5.41) is 6.15. The van der Waals surface area contributed by atoms with E-state index in [1.54, 1.807) is 23.1 Å². The Morgan fingerprint density at radius 1 is 1.25 bits per heavy atom. The molecule has 0 fully saturated rings. The number of halogens is 2. The summed E-state index contributed by atoms with van der Waals surface area (Å²) in [6.07, 6.45) is 0.533. The molecule has 0 saturated heterocycles. The zero-order valence-electron chi connectivity index (χ0n) is 10.4. The van der Waals surface area contributed by atoms with E-state index in [9.17, 15) is 9.59 Å². The van der Waals surface area contributed by atoms with Gasteiger partial charge in [-0.1, -0.05) is 23.2 Å². The summed E-state index contributed by atoms with van der Waals surface area (Å²) in [5.74, 6) is -0.167. The second-order valence-electron chi connectivity index (χ2n) is 4.64. The number of hydrogen-bond acceptors (Lipinski definition) is 2. The van der Waals surface area contributed by atoms with Crippen LogP contribution in [-0.2, 0) is 13.0 Å². The minimum atomic E-state index is -0.167. The van der Waals surface area contributed by atoms with Gasteiger partial charge in [0, 0.05) is 17.1 Å². The minimum absolute atomic E-state index is 0.114. The fourth-order valence-electron chi connectivity index (χ4n) is 2.34. The van der Waals surface area contributed by atoms with E-state index < -0.39 is 0 Å². The smallest absolute Gasteiger partial charge is 0.267 e. The average molecular weight is 312 g/mol. The fraction of sp³-hybridized carbons (Fsp3) is 0.231. The molecule has 0 saturated carbocycles. The van der Waals surface area contributed by atoms with Crippen molar-refractivity contribution in [2.24, 2.45) is 0 Å². The molecule has 0 bridgehead atoms.